The normalized spacial score (nSPS) is 11.4. The molecule has 1 rings (SSSR count). The van der Waals surface area contributed by atoms with Crippen molar-refractivity contribution in [2.24, 2.45) is 5.41 Å². The van der Waals surface area contributed by atoms with E-state index in [4.69, 9.17) is 11.6 Å². The summed E-state index contributed by atoms with van der Waals surface area (Å²) in [6, 6.07) is 0. The maximum Gasteiger partial charge on any atom is 0.329 e. The summed E-state index contributed by atoms with van der Waals surface area (Å²) >= 11 is 5.67. The summed E-state index contributed by atoms with van der Waals surface area (Å²) in [5, 5.41) is 10.9. The quantitative estimate of drug-likeness (QED) is 0.473. The Bertz CT molecular complexity index is 431. The molecule has 7 heteroatoms. The van der Waals surface area contributed by atoms with Gasteiger partial charge in [0.05, 0.1) is 4.92 Å². The van der Waals surface area contributed by atoms with Crippen molar-refractivity contribution in [2.75, 3.05) is 18.5 Å². The highest BCUT2D eigenvalue weighted by Crippen LogP contribution is 2.27. The van der Waals surface area contributed by atoms with Crippen LogP contribution in [0.5, 0.6) is 0 Å². The second kappa shape index (κ2) is 4.83. The van der Waals surface area contributed by atoms with Crippen LogP contribution in [0.2, 0.25) is 5.28 Å². The molecule has 0 aliphatic carbocycles. The van der Waals surface area contributed by atoms with E-state index in [1.54, 1.807) is 11.9 Å². The summed E-state index contributed by atoms with van der Waals surface area (Å²) in [6.45, 7) is 6.75. The van der Waals surface area contributed by atoms with Gasteiger partial charge in [0, 0.05) is 13.6 Å². The van der Waals surface area contributed by atoms with Crippen LogP contribution >= 0.6 is 11.6 Å². The first kappa shape index (κ1) is 13.6. The lowest BCUT2D eigenvalue weighted by Gasteiger charge is -2.26. The molecule has 0 aliphatic heterocycles. The van der Waals surface area contributed by atoms with Gasteiger partial charge in [-0.25, -0.2) is 4.98 Å². The average molecular weight is 259 g/mol. The lowest BCUT2D eigenvalue weighted by atomic mass is 9.96. The molecular weight excluding hydrogens is 244 g/mol. The summed E-state index contributed by atoms with van der Waals surface area (Å²) in [5.41, 5.74) is -0.138. The van der Waals surface area contributed by atoms with Crippen LogP contribution in [-0.2, 0) is 0 Å². The first-order valence-corrected chi connectivity index (χ1v) is 5.46. The number of halogens is 1. The number of aromatic nitrogens is 2. The molecule has 0 aromatic carbocycles. The molecule has 0 saturated heterocycles. The third-order valence-corrected chi connectivity index (χ3v) is 2.17. The van der Waals surface area contributed by atoms with Crippen LogP contribution in [-0.4, -0.2) is 28.5 Å². The molecule has 0 atom stereocenters. The van der Waals surface area contributed by atoms with E-state index < -0.39 is 4.92 Å². The zero-order valence-corrected chi connectivity index (χ0v) is 11.0. The molecule has 17 heavy (non-hydrogen) atoms. The topological polar surface area (TPSA) is 72.2 Å². The molecule has 6 nitrogen and oxygen atoms in total. The second-order valence-electron chi connectivity index (χ2n) is 5.02. The monoisotopic (exact) mass is 258 g/mol. The maximum absolute atomic E-state index is 10.9. The minimum absolute atomic E-state index is 0.0000444. The van der Waals surface area contributed by atoms with Crippen LogP contribution < -0.4 is 4.90 Å². The van der Waals surface area contributed by atoms with Crippen molar-refractivity contribution in [2.45, 2.75) is 20.8 Å². The van der Waals surface area contributed by atoms with Gasteiger partial charge in [-0.2, -0.15) is 4.98 Å². The van der Waals surface area contributed by atoms with E-state index in [1.807, 2.05) is 20.8 Å². The van der Waals surface area contributed by atoms with E-state index in [9.17, 15) is 10.1 Å². The fraction of sp³-hybridized carbons (Fsp3) is 0.600. The minimum Gasteiger partial charge on any atom is -0.353 e. The van der Waals surface area contributed by atoms with E-state index in [0.717, 1.165) is 6.20 Å². The largest absolute Gasteiger partial charge is 0.353 e. The van der Waals surface area contributed by atoms with Gasteiger partial charge in [-0.15, -0.1) is 0 Å². The average Bonchev–Trinajstić information content (AvgIpc) is 2.14. The number of nitro groups is 1. The molecule has 1 aromatic heterocycles. The SMILES string of the molecule is CN(CC(C)(C)C)c1nc(Cl)ncc1[N+](=O)[O-]. The first-order chi connectivity index (χ1) is 7.70. The van der Waals surface area contributed by atoms with Gasteiger partial charge in [0.1, 0.15) is 6.20 Å². The van der Waals surface area contributed by atoms with Crippen LogP contribution in [0.25, 0.3) is 0 Å². The van der Waals surface area contributed by atoms with E-state index in [-0.39, 0.29) is 22.2 Å². The standard InChI is InChI=1S/C10H15ClN4O2/c1-10(2,3)6-14(4)8-7(15(16)17)5-12-9(11)13-8/h5H,6H2,1-4H3. The van der Waals surface area contributed by atoms with Crippen molar-refractivity contribution in [3.05, 3.63) is 21.6 Å². The number of hydrogen-bond acceptors (Lipinski definition) is 5. The number of rotatable bonds is 3. The predicted octanol–water partition coefficient (Wildman–Crippen LogP) is 2.52. The van der Waals surface area contributed by atoms with Crippen molar-refractivity contribution < 1.29 is 4.92 Å². The molecule has 0 aliphatic rings. The van der Waals surface area contributed by atoms with Crippen molar-refractivity contribution in [3.63, 3.8) is 0 Å². The Labute approximate surface area is 105 Å². The highest BCUT2D eigenvalue weighted by molar-refractivity contribution is 6.28. The highest BCUT2D eigenvalue weighted by Gasteiger charge is 2.23. The molecule has 0 bridgehead atoms. The molecule has 0 radical (unpaired) electrons. The summed E-state index contributed by atoms with van der Waals surface area (Å²) < 4.78 is 0. The molecule has 1 aromatic rings. The Morgan fingerprint density at radius 1 is 1.53 bits per heavy atom. The van der Waals surface area contributed by atoms with Crippen molar-refractivity contribution in [3.8, 4) is 0 Å². The zero-order valence-electron chi connectivity index (χ0n) is 10.3. The summed E-state index contributed by atoms with van der Waals surface area (Å²) in [7, 11) is 1.75. The Morgan fingerprint density at radius 3 is 2.59 bits per heavy atom. The van der Waals surface area contributed by atoms with Crippen LogP contribution in [0.15, 0.2) is 6.20 Å². The lowest BCUT2D eigenvalue weighted by molar-refractivity contribution is -0.384. The second-order valence-corrected chi connectivity index (χ2v) is 5.36. The van der Waals surface area contributed by atoms with Crippen LogP contribution in [0.3, 0.4) is 0 Å². The Morgan fingerprint density at radius 2 is 2.12 bits per heavy atom. The zero-order chi connectivity index (χ0) is 13.2. The Kier molecular flexibility index (Phi) is 3.87. The Balaban J connectivity index is 3.10. The van der Waals surface area contributed by atoms with Gasteiger partial charge in [-0.05, 0) is 17.0 Å². The minimum atomic E-state index is -0.509. The lowest BCUT2D eigenvalue weighted by Crippen LogP contribution is -2.30. The van der Waals surface area contributed by atoms with Gasteiger partial charge in [0.25, 0.3) is 0 Å². The third kappa shape index (κ3) is 3.81. The summed E-state index contributed by atoms with van der Waals surface area (Å²) in [4.78, 5) is 19.6. The van der Waals surface area contributed by atoms with E-state index in [1.165, 1.54) is 0 Å². The maximum atomic E-state index is 10.9. The molecule has 0 fully saturated rings. The third-order valence-electron chi connectivity index (χ3n) is 1.99. The smallest absolute Gasteiger partial charge is 0.329 e. The Hall–Kier alpha value is -1.43. The van der Waals surface area contributed by atoms with Crippen molar-refractivity contribution in [1.29, 1.82) is 0 Å². The van der Waals surface area contributed by atoms with Gasteiger partial charge in [0.15, 0.2) is 0 Å². The highest BCUT2D eigenvalue weighted by atomic mass is 35.5. The van der Waals surface area contributed by atoms with Crippen molar-refractivity contribution in [1.82, 2.24) is 9.97 Å². The van der Waals surface area contributed by atoms with Gasteiger partial charge in [0.2, 0.25) is 11.1 Å². The summed E-state index contributed by atoms with van der Waals surface area (Å²) in [5.74, 6) is 0.241. The van der Waals surface area contributed by atoms with Gasteiger partial charge >= 0.3 is 5.69 Å². The number of hydrogen-bond donors (Lipinski definition) is 0. The molecule has 0 N–H and O–H groups in total. The van der Waals surface area contributed by atoms with E-state index >= 15 is 0 Å². The molecule has 0 saturated carbocycles. The molecule has 0 spiro atoms. The molecule has 0 amide bonds. The molecular formula is C10H15ClN4O2. The fourth-order valence-electron chi connectivity index (χ4n) is 1.54. The molecule has 1 heterocycles. The predicted molar refractivity (Wildman–Crippen MR) is 66.4 cm³/mol. The van der Waals surface area contributed by atoms with Gasteiger partial charge < -0.3 is 4.90 Å². The van der Waals surface area contributed by atoms with Crippen LogP contribution in [0.1, 0.15) is 20.8 Å². The van der Waals surface area contributed by atoms with Gasteiger partial charge in [-0.3, -0.25) is 10.1 Å². The number of anilines is 1. The molecule has 94 valence electrons. The van der Waals surface area contributed by atoms with Gasteiger partial charge in [-0.1, -0.05) is 20.8 Å². The van der Waals surface area contributed by atoms with Crippen molar-refractivity contribution >= 4 is 23.1 Å². The van der Waals surface area contributed by atoms with Crippen LogP contribution in [0.4, 0.5) is 11.5 Å². The fourth-order valence-corrected chi connectivity index (χ4v) is 1.67. The van der Waals surface area contributed by atoms with Crippen LogP contribution in [0, 0.1) is 15.5 Å². The molecule has 0 unspecified atom stereocenters. The van der Waals surface area contributed by atoms with E-state index in [0.29, 0.717) is 6.54 Å². The van der Waals surface area contributed by atoms with E-state index in [2.05, 4.69) is 9.97 Å². The number of nitrogens with zero attached hydrogens (tertiary/aromatic N) is 4. The summed E-state index contributed by atoms with van der Waals surface area (Å²) in [6.07, 6.45) is 1.13. The first-order valence-electron chi connectivity index (χ1n) is 5.09.